The van der Waals surface area contributed by atoms with E-state index in [-0.39, 0.29) is 4.90 Å². The minimum Gasteiger partial charge on any atom is -0.316 e. The van der Waals surface area contributed by atoms with E-state index in [1.165, 1.54) is 18.2 Å². The summed E-state index contributed by atoms with van der Waals surface area (Å²) in [6, 6.07) is 3.84. The molecular weight excluding hydrogens is 267 g/mol. The first kappa shape index (κ1) is 13.0. The molecule has 1 aromatic carbocycles. The van der Waals surface area contributed by atoms with Gasteiger partial charge < -0.3 is 5.32 Å². The molecule has 0 radical (unpaired) electrons. The van der Waals surface area contributed by atoms with Crippen LogP contribution in [0, 0.1) is 24.6 Å². The van der Waals surface area contributed by atoms with Crippen LogP contribution in [0.1, 0.15) is 5.56 Å². The Morgan fingerprint density at radius 1 is 1.26 bits per heavy atom. The van der Waals surface area contributed by atoms with E-state index in [4.69, 9.17) is 0 Å². The number of benzene rings is 1. The monoisotopic (exact) mass is 284 g/mol. The zero-order valence-electron chi connectivity index (χ0n) is 10.8. The molecule has 2 atom stereocenters. The topological polar surface area (TPSA) is 49.4 Å². The molecule has 1 N–H and O–H groups in total. The van der Waals surface area contributed by atoms with Gasteiger partial charge in [-0.15, -0.1) is 0 Å². The van der Waals surface area contributed by atoms with E-state index in [1.807, 2.05) is 0 Å². The number of aryl methyl sites for hydroxylation is 1. The van der Waals surface area contributed by atoms with Crippen LogP contribution in [0.3, 0.4) is 0 Å². The Hall–Kier alpha value is -0.980. The third kappa shape index (κ3) is 2.17. The molecule has 0 aliphatic carbocycles. The molecule has 104 valence electrons. The van der Waals surface area contributed by atoms with Crippen molar-refractivity contribution in [3.8, 4) is 0 Å². The predicted octanol–water partition coefficient (Wildman–Crippen LogP) is 0.974. The van der Waals surface area contributed by atoms with E-state index < -0.39 is 15.8 Å². The molecule has 19 heavy (non-hydrogen) atoms. The van der Waals surface area contributed by atoms with Crippen molar-refractivity contribution >= 4 is 10.0 Å². The normalized spacial score (nSPS) is 27.7. The summed E-state index contributed by atoms with van der Waals surface area (Å²) in [6.07, 6.45) is 0. The zero-order chi connectivity index (χ0) is 13.6. The lowest BCUT2D eigenvalue weighted by Crippen LogP contribution is -2.32. The summed E-state index contributed by atoms with van der Waals surface area (Å²) in [5, 5.41) is 3.28. The summed E-state index contributed by atoms with van der Waals surface area (Å²) >= 11 is 0. The molecule has 6 heteroatoms. The van der Waals surface area contributed by atoms with Crippen LogP contribution in [-0.4, -0.2) is 38.9 Å². The smallest absolute Gasteiger partial charge is 0.243 e. The molecule has 2 heterocycles. The minimum atomic E-state index is -3.49. The van der Waals surface area contributed by atoms with Gasteiger partial charge >= 0.3 is 0 Å². The molecule has 1 aromatic rings. The molecule has 2 saturated heterocycles. The maximum Gasteiger partial charge on any atom is 0.243 e. The van der Waals surface area contributed by atoms with E-state index in [0.717, 1.165) is 13.1 Å². The summed E-state index contributed by atoms with van der Waals surface area (Å²) in [6.45, 7) is 4.54. The summed E-state index contributed by atoms with van der Waals surface area (Å²) in [5.74, 6) is 0.421. The average molecular weight is 284 g/mol. The highest BCUT2D eigenvalue weighted by Gasteiger charge is 2.41. The molecule has 0 amide bonds. The second kappa shape index (κ2) is 4.54. The van der Waals surface area contributed by atoms with Gasteiger partial charge in [0, 0.05) is 13.1 Å². The Kier molecular flexibility index (Phi) is 3.11. The Bertz CT molecular complexity index is 591. The van der Waals surface area contributed by atoms with Gasteiger partial charge in [0.05, 0.1) is 4.90 Å². The van der Waals surface area contributed by atoms with Gasteiger partial charge in [-0.1, -0.05) is 0 Å². The van der Waals surface area contributed by atoms with Gasteiger partial charge in [-0.2, -0.15) is 4.31 Å². The lowest BCUT2D eigenvalue weighted by atomic mass is 10.0. The molecule has 2 unspecified atom stereocenters. The predicted molar refractivity (Wildman–Crippen MR) is 69.7 cm³/mol. The summed E-state index contributed by atoms with van der Waals surface area (Å²) < 4.78 is 39.8. The molecule has 2 aliphatic heterocycles. The van der Waals surface area contributed by atoms with Gasteiger partial charge in [-0.05, 0) is 55.6 Å². The molecule has 4 nitrogen and oxygen atoms in total. The number of fused-ring (bicyclic) bond motifs is 1. The van der Waals surface area contributed by atoms with Crippen molar-refractivity contribution in [3.05, 3.63) is 29.6 Å². The lowest BCUT2D eigenvalue weighted by Gasteiger charge is -2.18. The van der Waals surface area contributed by atoms with Gasteiger partial charge in [0.2, 0.25) is 10.0 Å². The molecule has 0 saturated carbocycles. The quantitative estimate of drug-likeness (QED) is 0.880. The van der Waals surface area contributed by atoms with Crippen LogP contribution in [0.4, 0.5) is 4.39 Å². The molecule has 2 aliphatic rings. The van der Waals surface area contributed by atoms with Crippen LogP contribution in [0.15, 0.2) is 23.1 Å². The highest BCUT2D eigenvalue weighted by molar-refractivity contribution is 7.89. The lowest BCUT2D eigenvalue weighted by molar-refractivity contribution is 0.447. The Labute approximate surface area is 112 Å². The van der Waals surface area contributed by atoms with Crippen LogP contribution >= 0.6 is 0 Å². The largest absolute Gasteiger partial charge is 0.316 e. The number of nitrogens with zero attached hydrogens (tertiary/aromatic N) is 1. The Morgan fingerprint density at radius 2 is 1.89 bits per heavy atom. The van der Waals surface area contributed by atoms with Gasteiger partial charge in [0.15, 0.2) is 0 Å². The molecule has 0 spiro atoms. The Balaban J connectivity index is 1.91. The first-order chi connectivity index (χ1) is 8.98. The highest BCUT2D eigenvalue weighted by atomic mass is 32.2. The van der Waals surface area contributed by atoms with Crippen LogP contribution in [0.2, 0.25) is 0 Å². The number of hydrogen-bond donors (Lipinski definition) is 1. The van der Waals surface area contributed by atoms with E-state index in [2.05, 4.69) is 5.32 Å². The van der Waals surface area contributed by atoms with Gasteiger partial charge in [-0.25, -0.2) is 12.8 Å². The van der Waals surface area contributed by atoms with Gasteiger partial charge in [0.25, 0.3) is 0 Å². The van der Waals surface area contributed by atoms with E-state index in [0.29, 0.717) is 30.5 Å². The molecule has 3 rings (SSSR count). The SMILES string of the molecule is Cc1cc(F)ccc1S(=O)(=O)N1CC2CNCC2C1. The number of halogens is 1. The third-order valence-electron chi connectivity index (χ3n) is 4.11. The fraction of sp³-hybridized carbons (Fsp3) is 0.538. The second-order valence-corrected chi connectivity index (χ2v) is 7.32. The van der Waals surface area contributed by atoms with Crippen molar-refractivity contribution in [1.82, 2.24) is 9.62 Å². The fourth-order valence-corrected chi connectivity index (χ4v) is 4.81. The summed E-state index contributed by atoms with van der Waals surface area (Å²) in [5.41, 5.74) is 0.468. The van der Waals surface area contributed by atoms with Crippen molar-refractivity contribution < 1.29 is 12.8 Å². The first-order valence-corrected chi connectivity index (χ1v) is 7.89. The van der Waals surface area contributed by atoms with Crippen LogP contribution in [-0.2, 0) is 10.0 Å². The highest BCUT2D eigenvalue weighted by Crippen LogP contribution is 2.31. The van der Waals surface area contributed by atoms with Gasteiger partial charge in [0.1, 0.15) is 5.82 Å². The number of sulfonamides is 1. The summed E-state index contributed by atoms with van der Waals surface area (Å²) in [7, 11) is -3.49. The van der Waals surface area contributed by atoms with E-state index >= 15 is 0 Å². The van der Waals surface area contributed by atoms with E-state index in [1.54, 1.807) is 11.2 Å². The molecule has 2 fully saturated rings. The standard InChI is InChI=1S/C13H17FN2O2S/c1-9-4-12(14)2-3-13(9)19(17,18)16-7-10-5-15-6-11(10)8-16/h2-4,10-11,15H,5-8H2,1H3. The van der Waals surface area contributed by atoms with Gasteiger partial charge in [-0.3, -0.25) is 0 Å². The Morgan fingerprint density at radius 3 is 2.47 bits per heavy atom. The van der Waals surface area contributed by atoms with Crippen molar-refractivity contribution in [1.29, 1.82) is 0 Å². The number of hydrogen-bond acceptors (Lipinski definition) is 3. The van der Waals surface area contributed by atoms with Crippen molar-refractivity contribution in [3.63, 3.8) is 0 Å². The van der Waals surface area contributed by atoms with Crippen molar-refractivity contribution in [2.24, 2.45) is 11.8 Å². The maximum absolute atomic E-state index is 13.1. The zero-order valence-corrected chi connectivity index (χ0v) is 11.6. The van der Waals surface area contributed by atoms with Crippen molar-refractivity contribution in [2.75, 3.05) is 26.2 Å². The maximum atomic E-state index is 13.1. The molecular formula is C13H17FN2O2S. The summed E-state index contributed by atoms with van der Waals surface area (Å²) in [4.78, 5) is 0.224. The first-order valence-electron chi connectivity index (χ1n) is 6.45. The van der Waals surface area contributed by atoms with Crippen LogP contribution in [0.25, 0.3) is 0 Å². The number of rotatable bonds is 2. The fourth-order valence-electron chi connectivity index (χ4n) is 3.05. The van der Waals surface area contributed by atoms with Crippen LogP contribution in [0.5, 0.6) is 0 Å². The van der Waals surface area contributed by atoms with E-state index in [9.17, 15) is 12.8 Å². The molecule has 0 aromatic heterocycles. The third-order valence-corrected chi connectivity index (χ3v) is 6.10. The second-order valence-electron chi connectivity index (χ2n) is 5.41. The average Bonchev–Trinajstić information content (AvgIpc) is 2.87. The number of nitrogens with one attached hydrogen (secondary N) is 1. The minimum absolute atomic E-state index is 0.224. The van der Waals surface area contributed by atoms with Crippen molar-refractivity contribution in [2.45, 2.75) is 11.8 Å². The molecule has 0 bridgehead atoms. The van der Waals surface area contributed by atoms with Crippen LogP contribution < -0.4 is 5.32 Å².